The molecule has 8 heteroatoms. The molecule has 0 radical (unpaired) electrons. The molecule has 32 heavy (non-hydrogen) atoms. The molecule has 0 N–H and O–H groups in total. The van der Waals surface area contributed by atoms with Gasteiger partial charge in [-0.1, -0.05) is 38.0 Å². The fraction of sp³-hybridized carbons (Fsp3) is 0.500. The SMILES string of the molecule is C=CC(=O)OCCOC(=O)CCC(=O)OCCc1ccc(OC(=O)C2CCCCC2)cc1. The van der Waals surface area contributed by atoms with Crippen LogP contribution in [0.5, 0.6) is 5.75 Å². The third-order valence-corrected chi connectivity index (χ3v) is 5.02. The van der Waals surface area contributed by atoms with Gasteiger partial charge >= 0.3 is 23.9 Å². The van der Waals surface area contributed by atoms with E-state index in [1.54, 1.807) is 12.1 Å². The number of rotatable bonds is 12. The average Bonchev–Trinajstić information content (AvgIpc) is 2.82. The Labute approximate surface area is 187 Å². The fourth-order valence-corrected chi connectivity index (χ4v) is 3.25. The van der Waals surface area contributed by atoms with Gasteiger partial charge in [-0.25, -0.2) is 4.79 Å². The molecule has 2 rings (SSSR count). The molecule has 0 heterocycles. The molecule has 1 fully saturated rings. The van der Waals surface area contributed by atoms with Crippen LogP contribution in [0.2, 0.25) is 0 Å². The number of esters is 4. The Balaban J connectivity index is 1.58. The zero-order valence-electron chi connectivity index (χ0n) is 18.2. The molecule has 174 valence electrons. The zero-order valence-corrected chi connectivity index (χ0v) is 18.2. The van der Waals surface area contributed by atoms with Crippen LogP contribution in [0.1, 0.15) is 50.5 Å². The van der Waals surface area contributed by atoms with Gasteiger partial charge in [-0.15, -0.1) is 0 Å². The van der Waals surface area contributed by atoms with Crippen molar-refractivity contribution in [2.45, 2.75) is 51.4 Å². The Kier molecular flexibility index (Phi) is 11.0. The van der Waals surface area contributed by atoms with Crippen LogP contribution in [0.4, 0.5) is 0 Å². The summed E-state index contributed by atoms with van der Waals surface area (Å²) >= 11 is 0. The minimum Gasteiger partial charge on any atom is -0.465 e. The number of hydrogen-bond donors (Lipinski definition) is 0. The van der Waals surface area contributed by atoms with Crippen LogP contribution in [0.15, 0.2) is 36.9 Å². The fourth-order valence-electron chi connectivity index (χ4n) is 3.25. The summed E-state index contributed by atoms with van der Waals surface area (Å²) in [6.45, 7) is 3.27. The van der Waals surface area contributed by atoms with Gasteiger partial charge in [-0.2, -0.15) is 0 Å². The minimum atomic E-state index is -0.597. The summed E-state index contributed by atoms with van der Waals surface area (Å²) in [5.74, 6) is -1.33. The number of benzene rings is 1. The van der Waals surface area contributed by atoms with Crippen molar-refractivity contribution >= 4 is 23.9 Å². The molecule has 0 aromatic heterocycles. The Hall–Kier alpha value is -3.16. The molecule has 1 aromatic carbocycles. The Morgan fingerprint density at radius 1 is 0.844 bits per heavy atom. The summed E-state index contributed by atoms with van der Waals surface area (Å²) in [5, 5.41) is 0. The van der Waals surface area contributed by atoms with Crippen LogP contribution in [0.3, 0.4) is 0 Å². The quantitative estimate of drug-likeness (QED) is 0.158. The van der Waals surface area contributed by atoms with Crippen LogP contribution in [0, 0.1) is 5.92 Å². The maximum absolute atomic E-state index is 12.2. The van der Waals surface area contributed by atoms with E-state index in [4.69, 9.17) is 14.2 Å². The number of carbonyl (C=O) groups excluding carboxylic acids is 4. The van der Waals surface area contributed by atoms with E-state index in [0.717, 1.165) is 37.3 Å². The molecular weight excluding hydrogens is 416 g/mol. The van der Waals surface area contributed by atoms with Gasteiger partial charge in [-0.05, 0) is 30.5 Å². The normalized spacial score (nSPS) is 13.6. The van der Waals surface area contributed by atoms with Gasteiger partial charge in [0.25, 0.3) is 0 Å². The van der Waals surface area contributed by atoms with E-state index in [1.165, 1.54) is 6.42 Å². The Morgan fingerprint density at radius 3 is 2.06 bits per heavy atom. The molecule has 0 bridgehead atoms. The summed E-state index contributed by atoms with van der Waals surface area (Å²) in [6, 6.07) is 7.13. The monoisotopic (exact) mass is 446 g/mol. The molecule has 8 nitrogen and oxygen atoms in total. The van der Waals surface area contributed by atoms with Gasteiger partial charge in [0, 0.05) is 12.5 Å². The molecule has 1 aromatic rings. The van der Waals surface area contributed by atoms with Crippen molar-refractivity contribution in [3.05, 3.63) is 42.5 Å². The summed E-state index contributed by atoms with van der Waals surface area (Å²) < 4.78 is 20.1. The third-order valence-electron chi connectivity index (χ3n) is 5.02. The molecule has 1 saturated carbocycles. The first-order valence-electron chi connectivity index (χ1n) is 10.9. The summed E-state index contributed by atoms with van der Waals surface area (Å²) in [4.78, 5) is 46.3. The molecule has 1 aliphatic carbocycles. The van der Waals surface area contributed by atoms with Crippen molar-refractivity contribution in [2.24, 2.45) is 5.92 Å². The maximum Gasteiger partial charge on any atom is 0.330 e. The number of ether oxygens (including phenoxy) is 4. The highest BCUT2D eigenvalue weighted by Gasteiger charge is 2.22. The highest BCUT2D eigenvalue weighted by molar-refractivity contribution is 5.81. The Bertz CT molecular complexity index is 778. The third kappa shape index (κ3) is 9.76. The molecule has 0 atom stereocenters. The largest absolute Gasteiger partial charge is 0.465 e. The van der Waals surface area contributed by atoms with Gasteiger partial charge in [0.15, 0.2) is 0 Å². The predicted octanol–water partition coefficient (Wildman–Crippen LogP) is 3.31. The first-order chi connectivity index (χ1) is 15.5. The van der Waals surface area contributed by atoms with Gasteiger partial charge in [0.05, 0.1) is 25.4 Å². The molecule has 0 unspecified atom stereocenters. The molecule has 0 aliphatic heterocycles. The van der Waals surface area contributed by atoms with Crippen molar-refractivity contribution in [3.63, 3.8) is 0 Å². The van der Waals surface area contributed by atoms with E-state index in [-0.39, 0.29) is 44.5 Å². The number of carbonyl (C=O) groups is 4. The number of hydrogen-bond acceptors (Lipinski definition) is 8. The lowest BCUT2D eigenvalue weighted by Gasteiger charge is -2.19. The molecule has 1 aliphatic rings. The molecule has 0 amide bonds. The lowest BCUT2D eigenvalue weighted by Crippen LogP contribution is -2.22. The van der Waals surface area contributed by atoms with Crippen molar-refractivity contribution in [3.8, 4) is 5.75 Å². The minimum absolute atomic E-state index is 0.00471. The zero-order chi connectivity index (χ0) is 23.2. The average molecular weight is 446 g/mol. The van der Waals surface area contributed by atoms with E-state index >= 15 is 0 Å². The second-order valence-corrected chi connectivity index (χ2v) is 7.46. The topological polar surface area (TPSA) is 105 Å². The second kappa shape index (κ2) is 14.0. The van der Waals surface area contributed by atoms with E-state index in [9.17, 15) is 19.2 Å². The lowest BCUT2D eigenvalue weighted by atomic mass is 9.89. The molecule has 0 saturated heterocycles. The van der Waals surface area contributed by atoms with E-state index in [0.29, 0.717) is 12.2 Å². The van der Waals surface area contributed by atoms with E-state index in [1.807, 2.05) is 12.1 Å². The predicted molar refractivity (Wildman–Crippen MR) is 115 cm³/mol. The van der Waals surface area contributed by atoms with Crippen LogP contribution < -0.4 is 4.74 Å². The molecule has 0 spiro atoms. The highest BCUT2D eigenvalue weighted by atomic mass is 16.6. The highest BCUT2D eigenvalue weighted by Crippen LogP contribution is 2.25. The van der Waals surface area contributed by atoms with Crippen LogP contribution in [-0.4, -0.2) is 43.7 Å². The molecular formula is C24H30O8. The summed E-state index contributed by atoms with van der Waals surface area (Å²) in [5.41, 5.74) is 0.934. The van der Waals surface area contributed by atoms with Crippen molar-refractivity contribution in [1.82, 2.24) is 0 Å². The first kappa shape index (κ1) is 25.1. The standard InChI is InChI=1S/C24H30O8/c1-2-21(25)30-16-17-31-23(27)13-12-22(26)29-15-14-18-8-10-20(11-9-18)32-24(28)19-6-4-3-5-7-19/h2,8-11,19H,1,3-7,12-17H2. The van der Waals surface area contributed by atoms with E-state index < -0.39 is 17.9 Å². The van der Waals surface area contributed by atoms with Crippen LogP contribution in [-0.2, 0) is 39.8 Å². The van der Waals surface area contributed by atoms with Gasteiger partial charge in [-0.3, -0.25) is 14.4 Å². The van der Waals surface area contributed by atoms with Gasteiger partial charge in [0.1, 0.15) is 19.0 Å². The smallest absolute Gasteiger partial charge is 0.330 e. The summed E-state index contributed by atoms with van der Waals surface area (Å²) in [7, 11) is 0. The Morgan fingerprint density at radius 2 is 1.44 bits per heavy atom. The van der Waals surface area contributed by atoms with Crippen LogP contribution in [0.25, 0.3) is 0 Å². The first-order valence-corrected chi connectivity index (χ1v) is 10.9. The van der Waals surface area contributed by atoms with Crippen molar-refractivity contribution in [2.75, 3.05) is 19.8 Å². The van der Waals surface area contributed by atoms with Gasteiger partial charge < -0.3 is 18.9 Å². The maximum atomic E-state index is 12.2. The van der Waals surface area contributed by atoms with Crippen molar-refractivity contribution < 1.29 is 38.1 Å². The van der Waals surface area contributed by atoms with E-state index in [2.05, 4.69) is 11.3 Å². The van der Waals surface area contributed by atoms with Gasteiger partial charge in [0.2, 0.25) is 0 Å². The van der Waals surface area contributed by atoms with Crippen LogP contribution >= 0.6 is 0 Å². The lowest BCUT2D eigenvalue weighted by molar-refractivity contribution is -0.152. The second-order valence-electron chi connectivity index (χ2n) is 7.46. The summed E-state index contributed by atoms with van der Waals surface area (Å²) in [6.07, 6.45) is 6.42. The van der Waals surface area contributed by atoms with Crippen molar-refractivity contribution in [1.29, 1.82) is 0 Å².